The molecule has 2 fully saturated rings. The summed E-state index contributed by atoms with van der Waals surface area (Å²) < 4.78 is 5.53. The highest BCUT2D eigenvalue weighted by Crippen LogP contribution is 2.31. The van der Waals surface area contributed by atoms with Crippen molar-refractivity contribution in [1.29, 1.82) is 0 Å². The van der Waals surface area contributed by atoms with Crippen LogP contribution in [-0.4, -0.2) is 63.0 Å². The fraction of sp³-hybridized carbons (Fsp3) is 0.630. The molecule has 9 heteroatoms. The van der Waals surface area contributed by atoms with Crippen LogP contribution in [0, 0.1) is 0 Å². The summed E-state index contributed by atoms with van der Waals surface area (Å²) in [5, 5.41) is 4.23. The first-order valence-electron chi connectivity index (χ1n) is 13.2. The summed E-state index contributed by atoms with van der Waals surface area (Å²) in [6.07, 6.45) is 8.23. The Hall–Kier alpha value is -2.68. The smallest absolute Gasteiger partial charge is 0.410 e. The van der Waals surface area contributed by atoms with E-state index in [9.17, 15) is 9.59 Å². The van der Waals surface area contributed by atoms with Crippen LogP contribution in [-0.2, 0) is 16.0 Å². The fourth-order valence-electron chi connectivity index (χ4n) is 4.86. The van der Waals surface area contributed by atoms with Gasteiger partial charge >= 0.3 is 6.09 Å². The molecule has 8 nitrogen and oxygen atoms in total. The maximum Gasteiger partial charge on any atom is 0.410 e. The summed E-state index contributed by atoms with van der Waals surface area (Å²) in [6, 6.07) is 5.66. The zero-order valence-corrected chi connectivity index (χ0v) is 22.8. The predicted octanol–water partition coefficient (Wildman–Crippen LogP) is 5.73. The number of ether oxygens (including phenoxy) is 1. The molecule has 0 aliphatic carbocycles. The number of hydrogen-bond acceptors (Lipinski definition) is 7. The van der Waals surface area contributed by atoms with Gasteiger partial charge in [-0.05, 0) is 71.4 Å². The molecule has 196 valence electrons. The van der Waals surface area contributed by atoms with Gasteiger partial charge in [0.2, 0.25) is 5.91 Å². The van der Waals surface area contributed by atoms with Crippen molar-refractivity contribution in [2.75, 3.05) is 25.0 Å². The minimum absolute atomic E-state index is 0.0443. The van der Waals surface area contributed by atoms with Crippen LogP contribution in [0.4, 0.5) is 15.7 Å². The first kappa shape index (κ1) is 26.4. The van der Waals surface area contributed by atoms with Crippen LogP contribution in [0.25, 0.3) is 0 Å². The zero-order chi connectivity index (χ0) is 25.7. The van der Waals surface area contributed by atoms with Gasteiger partial charge in [0.25, 0.3) is 0 Å². The van der Waals surface area contributed by atoms with Gasteiger partial charge in [-0.2, -0.15) is 0 Å². The van der Waals surface area contributed by atoms with Crippen molar-refractivity contribution in [3.05, 3.63) is 35.0 Å². The number of aryl methyl sites for hydroxylation is 1. The molecule has 2 saturated heterocycles. The van der Waals surface area contributed by atoms with E-state index in [0.29, 0.717) is 32.0 Å². The van der Waals surface area contributed by atoms with E-state index in [2.05, 4.69) is 23.3 Å². The maximum atomic E-state index is 13.3. The molecule has 0 unspecified atom stereocenters. The van der Waals surface area contributed by atoms with Gasteiger partial charge in [0.1, 0.15) is 17.5 Å². The van der Waals surface area contributed by atoms with Crippen LogP contribution in [0.2, 0.25) is 0 Å². The molecule has 2 amide bonds. The van der Waals surface area contributed by atoms with E-state index in [1.54, 1.807) is 16.2 Å². The molecule has 0 saturated carbocycles. The third kappa shape index (κ3) is 6.75. The summed E-state index contributed by atoms with van der Waals surface area (Å²) in [5.41, 5.74) is 0.477. The van der Waals surface area contributed by atoms with E-state index in [1.807, 2.05) is 44.0 Å². The Morgan fingerprint density at radius 2 is 1.94 bits per heavy atom. The normalized spacial score (nSPS) is 18.9. The van der Waals surface area contributed by atoms with Gasteiger partial charge in [0, 0.05) is 42.3 Å². The predicted molar refractivity (Wildman–Crippen MR) is 143 cm³/mol. The maximum absolute atomic E-state index is 13.3. The van der Waals surface area contributed by atoms with E-state index < -0.39 is 11.6 Å². The Morgan fingerprint density at radius 1 is 1.17 bits per heavy atom. The van der Waals surface area contributed by atoms with Crippen molar-refractivity contribution < 1.29 is 14.3 Å². The second-order valence-electron chi connectivity index (χ2n) is 10.7. The van der Waals surface area contributed by atoms with Gasteiger partial charge in [0.05, 0.1) is 0 Å². The second-order valence-corrected chi connectivity index (χ2v) is 11.9. The number of thiazole rings is 1. The number of rotatable bonds is 7. The molecule has 1 N–H and O–H groups in total. The lowest BCUT2D eigenvalue weighted by Gasteiger charge is -2.35. The number of anilines is 2. The van der Waals surface area contributed by atoms with Crippen molar-refractivity contribution >= 4 is 34.3 Å². The Morgan fingerprint density at radius 3 is 2.67 bits per heavy atom. The van der Waals surface area contributed by atoms with Gasteiger partial charge in [-0.1, -0.05) is 19.4 Å². The Kier molecular flexibility index (Phi) is 8.49. The molecular formula is C27H39N5O3S. The van der Waals surface area contributed by atoms with Crippen LogP contribution >= 0.6 is 11.3 Å². The van der Waals surface area contributed by atoms with Crippen LogP contribution in [0.1, 0.15) is 82.7 Å². The number of amides is 2. The van der Waals surface area contributed by atoms with E-state index in [1.165, 1.54) is 17.7 Å². The Balaban J connectivity index is 1.32. The second kappa shape index (κ2) is 11.6. The zero-order valence-electron chi connectivity index (χ0n) is 22.0. The van der Waals surface area contributed by atoms with Crippen LogP contribution < -0.4 is 5.32 Å². The van der Waals surface area contributed by atoms with Gasteiger partial charge < -0.3 is 15.0 Å². The summed E-state index contributed by atoms with van der Waals surface area (Å²) in [5.74, 6) is 1.15. The average Bonchev–Trinajstić information content (AvgIpc) is 3.51. The highest BCUT2D eigenvalue weighted by atomic mass is 32.1. The number of pyridine rings is 1. The molecule has 1 atom stereocenters. The molecule has 0 spiro atoms. The molecule has 36 heavy (non-hydrogen) atoms. The van der Waals surface area contributed by atoms with Gasteiger partial charge in [-0.3, -0.25) is 9.69 Å². The number of carbonyl (C=O) groups is 2. The molecule has 0 aromatic carbocycles. The summed E-state index contributed by atoms with van der Waals surface area (Å²) in [4.78, 5) is 40.1. The first-order chi connectivity index (χ1) is 17.2. The Bertz CT molecular complexity index is 1040. The van der Waals surface area contributed by atoms with Crippen LogP contribution in [0.15, 0.2) is 24.4 Å². The van der Waals surface area contributed by atoms with Gasteiger partial charge in [-0.25, -0.2) is 14.8 Å². The molecule has 2 aliphatic heterocycles. The van der Waals surface area contributed by atoms with Crippen molar-refractivity contribution in [3.8, 4) is 0 Å². The molecule has 0 radical (unpaired) electrons. The molecule has 2 aliphatic rings. The molecule has 0 bridgehead atoms. The SMILES string of the molecule is CCCCc1cnc(Nc2cccc(C3CCN(C(=O)[C@@H]4CCCN4C(=O)OC(C)(C)C)CC3)n2)s1. The van der Waals surface area contributed by atoms with Crippen LogP contribution in [0.3, 0.4) is 0 Å². The number of piperidine rings is 1. The van der Waals surface area contributed by atoms with Gasteiger partial charge in [-0.15, -0.1) is 11.3 Å². The molecule has 4 rings (SSSR count). The van der Waals surface area contributed by atoms with E-state index in [-0.39, 0.29) is 12.0 Å². The third-order valence-electron chi connectivity index (χ3n) is 6.73. The molecule has 2 aromatic rings. The standard InChI is InChI=1S/C27H39N5O3S/c1-5-6-9-20-18-28-25(36-20)30-23-12-7-10-21(29-23)19-13-16-31(17-14-19)24(33)22-11-8-15-32(22)26(34)35-27(2,3)4/h7,10,12,18-19,22H,5-6,8-9,11,13-17H2,1-4H3,(H,28,29,30)/t22-/m0/s1. The number of carbonyl (C=O) groups excluding carboxylic acids is 2. The van der Waals surface area contributed by atoms with Crippen molar-refractivity contribution in [1.82, 2.24) is 19.8 Å². The lowest BCUT2D eigenvalue weighted by Crippen LogP contribution is -2.50. The van der Waals surface area contributed by atoms with E-state index in [0.717, 1.165) is 42.3 Å². The number of unbranched alkanes of at least 4 members (excludes halogenated alkanes) is 1. The van der Waals surface area contributed by atoms with Gasteiger partial charge in [0.15, 0.2) is 5.13 Å². The topological polar surface area (TPSA) is 87.7 Å². The van der Waals surface area contributed by atoms with Crippen molar-refractivity contribution in [2.45, 2.75) is 90.2 Å². The largest absolute Gasteiger partial charge is 0.444 e. The highest BCUT2D eigenvalue weighted by Gasteiger charge is 2.39. The molecule has 2 aromatic heterocycles. The molecule has 4 heterocycles. The minimum atomic E-state index is -0.571. The minimum Gasteiger partial charge on any atom is -0.444 e. The average molecular weight is 514 g/mol. The number of aromatic nitrogens is 2. The fourth-order valence-corrected chi connectivity index (χ4v) is 5.72. The quantitative estimate of drug-likeness (QED) is 0.509. The van der Waals surface area contributed by atoms with E-state index >= 15 is 0 Å². The molecular weight excluding hydrogens is 474 g/mol. The summed E-state index contributed by atoms with van der Waals surface area (Å²) in [6.45, 7) is 9.67. The van der Waals surface area contributed by atoms with Crippen molar-refractivity contribution in [2.24, 2.45) is 0 Å². The number of hydrogen-bond donors (Lipinski definition) is 1. The van der Waals surface area contributed by atoms with E-state index in [4.69, 9.17) is 9.72 Å². The summed E-state index contributed by atoms with van der Waals surface area (Å²) in [7, 11) is 0. The summed E-state index contributed by atoms with van der Waals surface area (Å²) >= 11 is 1.69. The van der Waals surface area contributed by atoms with Crippen LogP contribution in [0.5, 0.6) is 0 Å². The first-order valence-corrected chi connectivity index (χ1v) is 14.0. The number of nitrogens with one attached hydrogen (secondary N) is 1. The lowest BCUT2D eigenvalue weighted by atomic mass is 9.92. The Labute approximate surface area is 218 Å². The lowest BCUT2D eigenvalue weighted by molar-refractivity contribution is -0.137. The number of nitrogens with zero attached hydrogens (tertiary/aromatic N) is 4. The van der Waals surface area contributed by atoms with Crippen molar-refractivity contribution in [3.63, 3.8) is 0 Å². The highest BCUT2D eigenvalue weighted by molar-refractivity contribution is 7.15. The monoisotopic (exact) mass is 513 g/mol. The third-order valence-corrected chi connectivity index (χ3v) is 7.70. The number of likely N-dealkylation sites (tertiary alicyclic amines) is 2.